The highest BCUT2D eigenvalue weighted by Crippen LogP contribution is 2.20. The molecule has 0 aliphatic heterocycles. The first-order valence-electron chi connectivity index (χ1n) is 0.816. The molecule has 0 aliphatic carbocycles. The van der Waals surface area contributed by atoms with E-state index in [1.54, 1.807) is 6.66 Å². The van der Waals surface area contributed by atoms with Crippen LogP contribution in [0.2, 0.25) is 0 Å². The van der Waals surface area contributed by atoms with Crippen LogP contribution in [0.4, 0.5) is 0 Å². The molecule has 0 aromatic rings. The zero-order valence-electron chi connectivity index (χ0n) is 2.27. The normalized spacial score (nSPS) is 10.8. The molecule has 0 aromatic carbocycles. The third-order valence-corrected chi connectivity index (χ3v) is 0. The lowest BCUT2D eigenvalue weighted by Crippen LogP contribution is -1.08. The van der Waals surface area contributed by atoms with E-state index < -0.39 is 5.20 Å². The highest BCUT2D eigenvalue weighted by Gasteiger charge is 1.57. The molecule has 0 heterocycles. The van der Waals surface area contributed by atoms with E-state index in [0.717, 1.165) is 0 Å². The Labute approximate surface area is 39.2 Å². The molecular formula is CH3INP. The fraction of sp³-hybridized carbons (Fsp3) is 1.00. The average Bonchev–Trinajstić information content (AvgIpc) is 0.811. The molecule has 0 spiro atoms. The van der Waals surface area contributed by atoms with E-state index in [0.29, 0.717) is 0 Å². The predicted molar refractivity (Wildman–Crippen MR) is 28.6 cm³/mol. The molecule has 0 fully saturated rings. The van der Waals surface area contributed by atoms with E-state index in [1.807, 2.05) is 22.0 Å². The molecule has 0 saturated heterocycles. The summed E-state index contributed by atoms with van der Waals surface area (Å²) in [6.07, 6.45) is 0. The summed E-state index contributed by atoms with van der Waals surface area (Å²) in [5, 5.41) is 7.46. The second-order valence-corrected chi connectivity index (χ2v) is 5.52. The van der Waals surface area contributed by atoms with Gasteiger partial charge in [-0.15, -0.1) is 0 Å². The van der Waals surface area contributed by atoms with Crippen molar-refractivity contribution in [1.29, 1.82) is 5.00 Å². The molecule has 4 heavy (non-hydrogen) atoms. The summed E-state index contributed by atoms with van der Waals surface area (Å²) < 4.78 is 0. The monoisotopic (exact) mass is 187 g/mol. The SMILES string of the molecule is CP(#N)I. The third kappa shape index (κ3) is 15.1. The first-order valence-corrected chi connectivity index (χ1v) is 5.34. The highest BCUT2D eigenvalue weighted by atomic mass is 127. The van der Waals surface area contributed by atoms with Crippen LogP contribution in [0.25, 0.3) is 0 Å². The van der Waals surface area contributed by atoms with Crippen molar-refractivity contribution < 1.29 is 0 Å². The van der Waals surface area contributed by atoms with Gasteiger partial charge in [-0.25, -0.2) is 5.00 Å². The Kier molecular flexibility index (Phi) is 2.38. The minimum Gasteiger partial charge on any atom is -0.234 e. The van der Waals surface area contributed by atoms with Gasteiger partial charge in [0.15, 0.2) is 0 Å². The first kappa shape index (κ1) is 4.74. The fourth-order valence-electron chi connectivity index (χ4n) is 0. The number of hydrogen-bond donors (Lipinski definition) is 0. The molecule has 0 amide bonds. The Morgan fingerprint density at radius 1 is 2.00 bits per heavy atom. The van der Waals surface area contributed by atoms with E-state index in [2.05, 4.69) is 0 Å². The van der Waals surface area contributed by atoms with Crippen LogP contribution in [0.15, 0.2) is 0 Å². The van der Waals surface area contributed by atoms with Gasteiger partial charge in [-0.3, -0.25) is 0 Å². The second-order valence-electron chi connectivity index (χ2n) is 0.445. The maximum absolute atomic E-state index is 8.11. The first-order chi connectivity index (χ1) is 1.73. The predicted octanol–water partition coefficient (Wildman–Crippen LogP) is 1.93. The van der Waals surface area contributed by atoms with Crippen molar-refractivity contribution in [3.8, 4) is 0 Å². The van der Waals surface area contributed by atoms with Gasteiger partial charge in [0.05, 0.1) is 0 Å². The van der Waals surface area contributed by atoms with E-state index in [-0.39, 0.29) is 0 Å². The second kappa shape index (κ2) is 2.01. The van der Waals surface area contributed by atoms with Crippen LogP contribution in [0.1, 0.15) is 0 Å². The van der Waals surface area contributed by atoms with Crippen LogP contribution in [0.3, 0.4) is 0 Å². The summed E-state index contributed by atoms with van der Waals surface area (Å²) in [6.45, 7) is 1.77. The van der Waals surface area contributed by atoms with Crippen molar-refractivity contribution in [2.24, 2.45) is 0 Å². The minimum atomic E-state index is -0.650. The van der Waals surface area contributed by atoms with Crippen molar-refractivity contribution in [2.75, 3.05) is 6.66 Å². The molecule has 3 heteroatoms. The molecule has 0 rings (SSSR count). The smallest absolute Gasteiger partial charge is 0.104 e. The van der Waals surface area contributed by atoms with Gasteiger partial charge in [-0.2, -0.15) is 0 Å². The average molecular weight is 187 g/mol. The summed E-state index contributed by atoms with van der Waals surface area (Å²) in [5.41, 5.74) is 0. The number of halogens is 1. The summed E-state index contributed by atoms with van der Waals surface area (Å²) in [5.74, 6) is 0. The van der Waals surface area contributed by atoms with E-state index in [4.69, 9.17) is 5.00 Å². The van der Waals surface area contributed by atoms with Crippen molar-refractivity contribution in [3.05, 3.63) is 0 Å². The maximum Gasteiger partial charge on any atom is 0.104 e. The van der Waals surface area contributed by atoms with Crippen LogP contribution in [-0.2, 0) is 0 Å². The topological polar surface area (TPSA) is 23.8 Å². The standard InChI is InChI=1S/CH3INP/c1-4(2)3/h1H3. The molecular weight excluding hydrogens is 184 g/mol. The summed E-state index contributed by atoms with van der Waals surface area (Å²) in [6, 6.07) is 0. The molecule has 0 bridgehead atoms. The van der Waals surface area contributed by atoms with Crippen molar-refractivity contribution in [2.45, 2.75) is 0 Å². The van der Waals surface area contributed by atoms with E-state index in [9.17, 15) is 0 Å². The van der Waals surface area contributed by atoms with Gasteiger partial charge in [-0.05, 0) is 0 Å². The van der Waals surface area contributed by atoms with Crippen molar-refractivity contribution in [1.82, 2.24) is 0 Å². The van der Waals surface area contributed by atoms with Gasteiger partial charge < -0.3 is 0 Å². The Hall–Kier alpha value is 0.740. The maximum atomic E-state index is 8.11. The molecule has 24 valence electrons. The molecule has 0 radical (unpaired) electrons. The lowest BCUT2D eigenvalue weighted by molar-refractivity contribution is 1.65. The quantitative estimate of drug-likeness (QED) is 0.419. The Morgan fingerprint density at radius 2 is 2.00 bits per heavy atom. The van der Waals surface area contributed by atoms with Gasteiger partial charge in [0.2, 0.25) is 0 Å². The molecule has 0 N–H and O–H groups in total. The van der Waals surface area contributed by atoms with Crippen LogP contribution in [-0.4, -0.2) is 6.66 Å². The summed E-state index contributed by atoms with van der Waals surface area (Å²) >= 11 is 1.96. The molecule has 1 unspecified atom stereocenters. The largest absolute Gasteiger partial charge is 0.234 e. The Balaban J connectivity index is 3.02. The zero-order chi connectivity index (χ0) is 3.58. The van der Waals surface area contributed by atoms with E-state index >= 15 is 0 Å². The number of nitrogens with zero attached hydrogens (tertiary/aromatic N) is 1. The summed E-state index contributed by atoms with van der Waals surface area (Å²) in [7, 11) is 0. The molecule has 1 nitrogen and oxygen atoms in total. The van der Waals surface area contributed by atoms with Gasteiger partial charge >= 0.3 is 0 Å². The number of rotatable bonds is 0. The van der Waals surface area contributed by atoms with Gasteiger partial charge in [-0.1, -0.05) is 0 Å². The fourth-order valence-corrected chi connectivity index (χ4v) is 0. The van der Waals surface area contributed by atoms with Crippen LogP contribution >= 0.6 is 27.2 Å². The van der Waals surface area contributed by atoms with Crippen LogP contribution in [0, 0.1) is 5.00 Å². The van der Waals surface area contributed by atoms with Crippen molar-refractivity contribution in [3.63, 3.8) is 0 Å². The molecule has 1 atom stereocenters. The lowest BCUT2D eigenvalue weighted by atomic mass is 12.0. The minimum absolute atomic E-state index is 0.650. The van der Waals surface area contributed by atoms with Crippen molar-refractivity contribution >= 4 is 27.2 Å². The summed E-state index contributed by atoms with van der Waals surface area (Å²) in [4.78, 5) is 0. The zero-order valence-corrected chi connectivity index (χ0v) is 5.32. The highest BCUT2D eigenvalue weighted by molar-refractivity contribution is 14.2. The van der Waals surface area contributed by atoms with Gasteiger partial charge in [0.25, 0.3) is 0 Å². The van der Waals surface area contributed by atoms with Crippen LogP contribution in [0.5, 0.6) is 0 Å². The number of hydrogen-bond acceptors (Lipinski definition) is 1. The third-order valence-electron chi connectivity index (χ3n) is 0. The molecule has 0 aliphatic rings. The van der Waals surface area contributed by atoms with Crippen LogP contribution < -0.4 is 0 Å². The van der Waals surface area contributed by atoms with E-state index in [1.165, 1.54) is 0 Å². The Bertz CT molecular complexity index is 54.2. The molecule has 0 aromatic heterocycles. The van der Waals surface area contributed by atoms with Gasteiger partial charge in [0.1, 0.15) is 5.20 Å². The Morgan fingerprint density at radius 3 is 2.00 bits per heavy atom. The molecule has 0 saturated carbocycles. The van der Waals surface area contributed by atoms with Gasteiger partial charge in [0, 0.05) is 28.7 Å². The lowest BCUT2D eigenvalue weighted by Gasteiger charge is -1.49.